The molecule has 0 radical (unpaired) electrons. The molecule has 2 heterocycles. The monoisotopic (exact) mass is 393 g/mol. The van der Waals surface area contributed by atoms with E-state index in [0.29, 0.717) is 35.8 Å². The number of ether oxygens (including phenoxy) is 1. The molecule has 2 fully saturated rings. The number of carbonyl (C=O) groups excluding carboxylic acids is 3. The Kier molecular flexibility index (Phi) is 5.20. The summed E-state index contributed by atoms with van der Waals surface area (Å²) in [5.41, 5.74) is 1.96. The van der Waals surface area contributed by atoms with Gasteiger partial charge in [0.25, 0.3) is 0 Å². The normalized spacial score (nSPS) is 19.0. The average molecular weight is 393 g/mol. The van der Waals surface area contributed by atoms with E-state index in [0.717, 1.165) is 6.42 Å². The molecular weight excluding hydrogens is 370 g/mol. The number of methoxy groups -OCH3 is 1. The molecule has 2 aliphatic rings. The van der Waals surface area contributed by atoms with Gasteiger partial charge in [0.1, 0.15) is 5.75 Å². The summed E-state index contributed by atoms with van der Waals surface area (Å²) in [6.07, 6.45) is 1.47. The quantitative estimate of drug-likeness (QED) is 0.847. The molecule has 1 atom stereocenters. The van der Waals surface area contributed by atoms with Gasteiger partial charge in [-0.2, -0.15) is 0 Å². The van der Waals surface area contributed by atoms with Gasteiger partial charge >= 0.3 is 0 Å². The lowest BCUT2D eigenvalue weighted by molar-refractivity contribution is -0.122. The van der Waals surface area contributed by atoms with Gasteiger partial charge in [-0.25, -0.2) is 0 Å². The Hall–Kier alpha value is -3.35. The largest absolute Gasteiger partial charge is 0.495 e. The molecule has 4 rings (SSSR count). The van der Waals surface area contributed by atoms with Crippen molar-refractivity contribution in [1.29, 1.82) is 0 Å². The van der Waals surface area contributed by atoms with Gasteiger partial charge < -0.3 is 19.9 Å². The first-order valence-corrected chi connectivity index (χ1v) is 9.72. The van der Waals surface area contributed by atoms with Crippen LogP contribution in [0.2, 0.25) is 0 Å². The van der Waals surface area contributed by atoms with Crippen LogP contribution in [0.1, 0.15) is 19.3 Å². The summed E-state index contributed by atoms with van der Waals surface area (Å²) < 4.78 is 5.35. The van der Waals surface area contributed by atoms with Gasteiger partial charge in [0, 0.05) is 25.9 Å². The maximum atomic E-state index is 12.9. The van der Waals surface area contributed by atoms with E-state index in [1.807, 2.05) is 36.4 Å². The van der Waals surface area contributed by atoms with Gasteiger partial charge in [-0.3, -0.25) is 14.4 Å². The SMILES string of the molecule is COc1ccccc1N1C[C@H](C(=O)Nc2ccccc2N2CCCC2=O)CC1=O. The molecule has 150 valence electrons. The fourth-order valence-electron chi connectivity index (χ4n) is 3.92. The summed E-state index contributed by atoms with van der Waals surface area (Å²) in [6, 6.07) is 14.6. The first-order chi connectivity index (χ1) is 14.1. The molecule has 2 aromatic carbocycles. The third-order valence-corrected chi connectivity index (χ3v) is 5.40. The summed E-state index contributed by atoms with van der Waals surface area (Å²) in [4.78, 5) is 40.9. The van der Waals surface area contributed by atoms with E-state index in [-0.39, 0.29) is 30.7 Å². The molecule has 2 saturated heterocycles. The van der Waals surface area contributed by atoms with Crippen molar-refractivity contribution in [3.63, 3.8) is 0 Å². The van der Waals surface area contributed by atoms with Crippen LogP contribution in [0.25, 0.3) is 0 Å². The van der Waals surface area contributed by atoms with E-state index >= 15 is 0 Å². The third-order valence-electron chi connectivity index (χ3n) is 5.40. The Morgan fingerprint density at radius 1 is 1.00 bits per heavy atom. The van der Waals surface area contributed by atoms with E-state index in [2.05, 4.69) is 5.32 Å². The third kappa shape index (κ3) is 3.68. The minimum absolute atomic E-state index is 0.0603. The van der Waals surface area contributed by atoms with E-state index in [9.17, 15) is 14.4 Å². The van der Waals surface area contributed by atoms with Crippen LogP contribution in [0.15, 0.2) is 48.5 Å². The number of hydrogen-bond acceptors (Lipinski definition) is 4. The maximum absolute atomic E-state index is 12.9. The van der Waals surface area contributed by atoms with Crippen LogP contribution >= 0.6 is 0 Å². The summed E-state index contributed by atoms with van der Waals surface area (Å²) >= 11 is 0. The number of carbonyl (C=O) groups is 3. The van der Waals surface area contributed by atoms with Crippen molar-refractivity contribution in [2.24, 2.45) is 5.92 Å². The van der Waals surface area contributed by atoms with Crippen LogP contribution < -0.4 is 19.9 Å². The highest BCUT2D eigenvalue weighted by molar-refractivity contribution is 6.06. The smallest absolute Gasteiger partial charge is 0.229 e. The molecule has 0 saturated carbocycles. The van der Waals surface area contributed by atoms with Crippen LogP contribution in [0.4, 0.5) is 17.1 Å². The Balaban J connectivity index is 1.51. The van der Waals surface area contributed by atoms with Gasteiger partial charge in [-0.05, 0) is 30.7 Å². The Labute approximate surface area is 169 Å². The van der Waals surface area contributed by atoms with Crippen molar-refractivity contribution >= 4 is 34.8 Å². The molecule has 0 aliphatic carbocycles. The number of anilines is 3. The zero-order chi connectivity index (χ0) is 20.4. The highest BCUT2D eigenvalue weighted by Gasteiger charge is 2.36. The fourth-order valence-corrected chi connectivity index (χ4v) is 3.92. The molecule has 0 aromatic heterocycles. The van der Waals surface area contributed by atoms with Gasteiger partial charge in [0.15, 0.2) is 0 Å². The maximum Gasteiger partial charge on any atom is 0.229 e. The number of nitrogens with one attached hydrogen (secondary N) is 1. The first-order valence-electron chi connectivity index (χ1n) is 9.72. The molecule has 0 spiro atoms. The van der Waals surface area contributed by atoms with Crippen LogP contribution in [0.3, 0.4) is 0 Å². The lowest BCUT2D eigenvalue weighted by Crippen LogP contribution is -2.29. The average Bonchev–Trinajstić information content (AvgIpc) is 3.34. The lowest BCUT2D eigenvalue weighted by atomic mass is 10.1. The molecule has 0 bridgehead atoms. The van der Waals surface area contributed by atoms with Crippen molar-refractivity contribution < 1.29 is 19.1 Å². The van der Waals surface area contributed by atoms with Crippen molar-refractivity contribution in [3.8, 4) is 5.75 Å². The number of amides is 3. The van der Waals surface area contributed by atoms with Crippen molar-refractivity contribution in [2.45, 2.75) is 19.3 Å². The second kappa shape index (κ2) is 7.95. The molecule has 2 aliphatic heterocycles. The van der Waals surface area contributed by atoms with E-state index in [1.54, 1.807) is 29.0 Å². The zero-order valence-corrected chi connectivity index (χ0v) is 16.3. The molecule has 0 unspecified atom stereocenters. The molecule has 1 N–H and O–H groups in total. The predicted octanol–water partition coefficient (Wildman–Crippen LogP) is 2.81. The summed E-state index contributed by atoms with van der Waals surface area (Å²) in [5.74, 6) is -0.160. The molecule has 2 aromatic rings. The molecule has 3 amide bonds. The van der Waals surface area contributed by atoms with Crippen molar-refractivity contribution in [1.82, 2.24) is 0 Å². The van der Waals surface area contributed by atoms with Gasteiger partial charge in [0.2, 0.25) is 17.7 Å². The number of nitrogens with zero attached hydrogens (tertiary/aromatic N) is 2. The topological polar surface area (TPSA) is 79.0 Å². The fraction of sp³-hybridized carbons (Fsp3) is 0.318. The van der Waals surface area contributed by atoms with Crippen LogP contribution in [0.5, 0.6) is 5.75 Å². The van der Waals surface area contributed by atoms with E-state index < -0.39 is 5.92 Å². The van der Waals surface area contributed by atoms with Gasteiger partial charge in [-0.15, -0.1) is 0 Å². The minimum atomic E-state index is -0.477. The van der Waals surface area contributed by atoms with E-state index in [1.165, 1.54) is 0 Å². The Morgan fingerprint density at radius 3 is 2.45 bits per heavy atom. The predicted molar refractivity (Wildman–Crippen MR) is 110 cm³/mol. The number of hydrogen-bond donors (Lipinski definition) is 1. The number of rotatable bonds is 5. The van der Waals surface area contributed by atoms with Gasteiger partial charge in [-0.1, -0.05) is 24.3 Å². The molecule has 29 heavy (non-hydrogen) atoms. The lowest BCUT2D eigenvalue weighted by Gasteiger charge is -2.21. The van der Waals surface area contributed by atoms with Crippen LogP contribution in [-0.4, -0.2) is 37.9 Å². The van der Waals surface area contributed by atoms with Crippen LogP contribution in [0, 0.1) is 5.92 Å². The minimum Gasteiger partial charge on any atom is -0.495 e. The molecule has 7 nitrogen and oxygen atoms in total. The Bertz CT molecular complexity index is 959. The molecular formula is C22H23N3O4. The summed E-state index contributed by atoms with van der Waals surface area (Å²) in [7, 11) is 1.56. The standard InChI is InChI=1S/C22H23N3O4/c1-29-19-10-5-4-9-18(19)25-14-15(13-21(25)27)22(28)23-16-7-2-3-8-17(16)24-12-6-11-20(24)26/h2-5,7-10,15H,6,11-14H2,1H3,(H,23,28)/t15-/m1/s1. The Morgan fingerprint density at radius 2 is 1.72 bits per heavy atom. The molecule has 7 heteroatoms. The number of para-hydroxylation sites is 4. The highest BCUT2D eigenvalue weighted by atomic mass is 16.5. The first kappa shape index (κ1) is 19.0. The van der Waals surface area contributed by atoms with Crippen molar-refractivity contribution in [2.75, 3.05) is 35.3 Å². The summed E-state index contributed by atoms with van der Waals surface area (Å²) in [6.45, 7) is 0.936. The van der Waals surface area contributed by atoms with Crippen LogP contribution in [-0.2, 0) is 14.4 Å². The van der Waals surface area contributed by atoms with Crippen molar-refractivity contribution in [3.05, 3.63) is 48.5 Å². The summed E-state index contributed by atoms with van der Waals surface area (Å²) in [5, 5.41) is 2.93. The number of benzene rings is 2. The van der Waals surface area contributed by atoms with Gasteiger partial charge in [0.05, 0.1) is 30.1 Å². The highest BCUT2D eigenvalue weighted by Crippen LogP contribution is 2.34. The second-order valence-corrected chi connectivity index (χ2v) is 7.23. The zero-order valence-electron chi connectivity index (χ0n) is 16.3. The second-order valence-electron chi connectivity index (χ2n) is 7.23. The van der Waals surface area contributed by atoms with E-state index in [4.69, 9.17) is 4.74 Å².